The van der Waals surface area contributed by atoms with Gasteiger partial charge in [0.2, 0.25) is 0 Å². The van der Waals surface area contributed by atoms with Crippen molar-refractivity contribution in [3.63, 3.8) is 0 Å². The highest BCUT2D eigenvalue weighted by Gasteiger charge is 2.19. The fourth-order valence-corrected chi connectivity index (χ4v) is 8.60. The van der Waals surface area contributed by atoms with E-state index in [2.05, 4.69) is 93.7 Å². The molecule has 6 heteroatoms. The van der Waals surface area contributed by atoms with E-state index in [0.29, 0.717) is 19.3 Å². The summed E-state index contributed by atoms with van der Waals surface area (Å²) in [5.41, 5.74) is 0. The van der Waals surface area contributed by atoms with Gasteiger partial charge in [-0.15, -0.1) is 0 Å². The smallest absolute Gasteiger partial charge is 0.306 e. The first-order valence-electron chi connectivity index (χ1n) is 30.4. The van der Waals surface area contributed by atoms with Crippen molar-refractivity contribution < 1.29 is 28.6 Å². The van der Waals surface area contributed by atoms with Gasteiger partial charge < -0.3 is 14.2 Å². The Balaban J connectivity index is 4.40. The molecule has 0 bridgehead atoms. The van der Waals surface area contributed by atoms with Crippen LogP contribution in [0.2, 0.25) is 0 Å². The van der Waals surface area contributed by atoms with Crippen LogP contribution in [0.5, 0.6) is 0 Å². The summed E-state index contributed by atoms with van der Waals surface area (Å²) in [6, 6.07) is 0. The normalized spacial score (nSPS) is 12.5. The highest BCUT2D eigenvalue weighted by molar-refractivity contribution is 5.71. The van der Waals surface area contributed by atoms with E-state index in [9.17, 15) is 14.4 Å². The minimum Gasteiger partial charge on any atom is -0.462 e. The quantitative estimate of drug-likeness (QED) is 0.0261. The van der Waals surface area contributed by atoms with Crippen LogP contribution in [0.3, 0.4) is 0 Å². The molecule has 1 unspecified atom stereocenters. The van der Waals surface area contributed by atoms with Gasteiger partial charge >= 0.3 is 17.9 Å². The summed E-state index contributed by atoms with van der Waals surface area (Å²) >= 11 is 0. The number of carbonyl (C=O) groups excluding carboxylic acids is 3. The van der Waals surface area contributed by atoms with E-state index in [4.69, 9.17) is 14.2 Å². The highest BCUT2D eigenvalue weighted by atomic mass is 16.6. The first-order chi connectivity index (χ1) is 35.0. The molecule has 0 spiro atoms. The summed E-state index contributed by atoms with van der Waals surface area (Å²) in [6.45, 7) is 6.52. The van der Waals surface area contributed by atoms with Crippen LogP contribution in [0.1, 0.15) is 303 Å². The van der Waals surface area contributed by atoms with Gasteiger partial charge in [-0.25, -0.2) is 0 Å². The van der Waals surface area contributed by atoms with Crippen molar-refractivity contribution in [2.24, 2.45) is 0 Å². The molecule has 0 amide bonds. The van der Waals surface area contributed by atoms with Crippen molar-refractivity contribution in [2.75, 3.05) is 13.2 Å². The molecule has 0 aromatic carbocycles. The third kappa shape index (κ3) is 57.6. The maximum absolute atomic E-state index is 12.9. The number of esters is 3. The Hall–Kier alpha value is -3.15. The van der Waals surface area contributed by atoms with E-state index in [-0.39, 0.29) is 31.1 Å². The van der Waals surface area contributed by atoms with Gasteiger partial charge in [-0.05, 0) is 109 Å². The third-order valence-corrected chi connectivity index (χ3v) is 13.2. The zero-order valence-corrected chi connectivity index (χ0v) is 47.0. The second kappa shape index (κ2) is 59.4. The number of hydrogen-bond acceptors (Lipinski definition) is 6. The Bertz CT molecular complexity index is 1320. The molecular weight excluding hydrogens is 877 g/mol. The molecule has 1 atom stereocenters. The lowest BCUT2D eigenvalue weighted by molar-refractivity contribution is -0.167. The van der Waals surface area contributed by atoms with Gasteiger partial charge in [0.05, 0.1) is 0 Å². The predicted octanol–water partition coefficient (Wildman–Crippen LogP) is 20.5. The third-order valence-electron chi connectivity index (χ3n) is 13.2. The lowest BCUT2D eigenvalue weighted by Gasteiger charge is -2.18. The van der Waals surface area contributed by atoms with Crippen LogP contribution in [-0.2, 0) is 28.6 Å². The second-order valence-corrected chi connectivity index (χ2v) is 20.2. The summed E-state index contributed by atoms with van der Waals surface area (Å²) in [6.07, 6.45) is 76.0. The monoisotopic (exact) mass is 991 g/mol. The lowest BCUT2D eigenvalue weighted by atomic mass is 10.1. The van der Waals surface area contributed by atoms with Gasteiger partial charge in [-0.2, -0.15) is 0 Å². The van der Waals surface area contributed by atoms with Crippen molar-refractivity contribution in [1.29, 1.82) is 0 Å². The molecular formula is C65H114O6. The van der Waals surface area contributed by atoms with Crippen LogP contribution in [0.4, 0.5) is 0 Å². The van der Waals surface area contributed by atoms with Gasteiger partial charge in [0.25, 0.3) is 0 Å². The van der Waals surface area contributed by atoms with Crippen LogP contribution >= 0.6 is 0 Å². The molecule has 410 valence electrons. The largest absolute Gasteiger partial charge is 0.462 e. The number of rotatable bonds is 55. The zero-order valence-electron chi connectivity index (χ0n) is 47.0. The van der Waals surface area contributed by atoms with Crippen LogP contribution in [-0.4, -0.2) is 37.2 Å². The Morgan fingerprint density at radius 2 is 0.549 bits per heavy atom. The molecule has 0 aliphatic rings. The van der Waals surface area contributed by atoms with E-state index >= 15 is 0 Å². The van der Waals surface area contributed by atoms with E-state index in [0.717, 1.165) is 96.3 Å². The van der Waals surface area contributed by atoms with Crippen molar-refractivity contribution >= 4 is 17.9 Å². The van der Waals surface area contributed by atoms with Gasteiger partial charge in [0.1, 0.15) is 13.2 Å². The predicted molar refractivity (Wildman–Crippen MR) is 307 cm³/mol. The summed E-state index contributed by atoms with van der Waals surface area (Å²) < 4.78 is 16.9. The summed E-state index contributed by atoms with van der Waals surface area (Å²) in [4.78, 5) is 38.3. The first-order valence-corrected chi connectivity index (χ1v) is 30.4. The average Bonchev–Trinajstić information content (AvgIpc) is 3.37. The molecule has 71 heavy (non-hydrogen) atoms. The molecule has 0 aliphatic carbocycles. The molecule has 0 saturated heterocycles. The maximum Gasteiger partial charge on any atom is 0.306 e. The highest BCUT2D eigenvalue weighted by Crippen LogP contribution is 2.15. The van der Waals surface area contributed by atoms with E-state index in [1.807, 2.05) is 0 Å². The first kappa shape index (κ1) is 67.8. The lowest BCUT2D eigenvalue weighted by Crippen LogP contribution is -2.30. The summed E-state index contributed by atoms with van der Waals surface area (Å²) in [5, 5.41) is 0. The minimum absolute atomic E-state index is 0.0836. The standard InChI is InChI=1S/C65H114O6/c1-4-7-10-13-16-19-22-25-28-31-34-37-40-43-46-49-52-55-58-64(67)70-61-62(60-69-63(66)57-54-51-48-45-42-39-36-33-30-27-24-21-18-15-12-9-6-3)71-65(68)59-56-53-50-47-44-41-38-35-32-29-26-23-20-17-14-11-8-5-2/h9,12,18-19,21-22,27-32,62H,4-8,10-11,13-17,20,23-26,33-61H2,1-3H3/b12-9-,21-18-,22-19-,30-27-,31-28-,32-29-. The molecule has 0 N–H and O–H groups in total. The number of allylic oxidation sites excluding steroid dienone is 12. The number of unbranched alkanes of at least 4 members (excludes halogenated alkanes) is 32. The Kier molecular flexibility index (Phi) is 56.8. The minimum atomic E-state index is -0.786. The van der Waals surface area contributed by atoms with Crippen LogP contribution in [0.15, 0.2) is 72.9 Å². The van der Waals surface area contributed by atoms with Gasteiger partial charge in [0, 0.05) is 19.3 Å². The molecule has 0 saturated carbocycles. The number of ether oxygens (including phenoxy) is 3. The van der Waals surface area contributed by atoms with Gasteiger partial charge in [-0.1, -0.05) is 248 Å². The van der Waals surface area contributed by atoms with E-state index in [1.54, 1.807) is 0 Å². The topological polar surface area (TPSA) is 78.9 Å². The van der Waals surface area contributed by atoms with E-state index in [1.165, 1.54) is 167 Å². The molecule has 0 aliphatic heterocycles. The molecule has 0 fully saturated rings. The molecule has 0 aromatic rings. The van der Waals surface area contributed by atoms with Crippen molar-refractivity contribution in [2.45, 2.75) is 309 Å². The average molecular weight is 992 g/mol. The molecule has 0 heterocycles. The Morgan fingerprint density at radius 3 is 0.887 bits per heavy atom. The SMILES string of the molecule is CC/C=C\C/C=C\C/C=C\CCCCCCCCCC(=O)OCC(COC(=O)CCCCCCCCC/C=C\C/C=C\CCCCCC)OC(=O)CCCCCCCCC/C=C\CCCCCCCCC. The summed E-state index contributed by atoms with van der Waals surface area (Å²) in [7, 11) is 0. The Labute approximate surface area is 440 Å². The van der Waals surface area contributed by atoms with Crippen LogP contribution in [0.25, 0.3) is 0 Å². The second-order valence-electron chi connectivity index (χ2n) is 20.2. The van der Waals surface area contributed by atoms with Crippen molar-refractivity contribution in [3.8, 4) is 0 Å². The number of hydrogen-bond donors (Lipinski definition) is 0. The van der Waals surface area contributed by atoms with Gasteiger partial charge in [0.15, 0.2) is 6.10 Å². The molecule has 6 nitrogen and oxygen atoms in total. The maximum atomic E-state index is 12.9. The fraction of sp³-hybridized carbons (Fsp3) is 0.769. The number of carbonyl (C=O) groups is 3. The van der Waals surface area contributed by atoms with E-state index < -0.39 is 6.10 Å². The fourth-order valence-electron chi connectivity index (χ4n) is 8.60. The van der Waals surface area contributed by atoms with Crippen LogP contribution < -0.4 is 0 Å². The molecule has 0 radical (unpaired) electrons. The Morgan fingerprint density at radius 1 is 0.296 bits per heavy atom. The zero-order chi connectivity index (χ0) is 51.4. The molecule has 0 rings (SSSR count). The van der Waals surface area contributed by atoms with Crippen molar-refractivity contribution in [1.82, 2.24) is 0 Å². The van der Waals surface area contributed by atoms with Gasteiger partial charge in [-0.3, -0.25) is 14.4 Å². The molecule has 0 aromatic heterocycles. The summed E-state index contributed by atoms with van der Waals surface area (Å²) in [5.74, 6) is -0.893. The van der Waals surface area contributed by atoms with Crippen molar-refractivity contribution in [3.05, 3.63) is 72.9 Å². The van der Waals surface area contributed by atoms with Crippen LogP contribution in [0, 0.1) is 0 Å².